The molecule has 0 radical (unpaired) electrons. The highest BCUT2D eigenvalue weighted by atomic mass is 79.9. The van der Waals surface area contributed by atoms with E-state index in [-0.39, 0.29) is 6.04 Å². The van der Waals surface area contributed by atoms with Crippen molar-refractivity contribution in [3.63, 3.8) is 0 Å². The molecule has 3 heteroatoms. The molecule has 0 amide bonds. The van der Waals surface area contributed by atoms with Crippen LogP contribution in [-0.4, -0.2) is 11.5 Å². The lowest BCUT2D eigenvalue weighted by Crippen LogP contribution is -2.25. The highest BCUT2D eigenvalue weighted by Gasteiger charge is 2.15. The van der Waals surface area contributed by atoms with Crippen LogP contribution in [0.4, 0.5) is 0 Å². The maximum Gasteiger partial charge on any atom is 0.0718 e. The lowest BCUT2D eigenvalue weighted by Gasteiger charge is -2.19. The summed E-state index contributed by atoms with van der Waals surface area (Å²) in [7, 11) is 0. The third-order valence-corrected chi connectivity index (χ3v) is 3.99. The summed E-state index contributed by atoms with van der Waals surface area (Å²) in [6, 6.07) is 13.0. The number of aromatic nitrogens is 1. The summed E-state index contributed by atoms with van der Waals surface area (Å²) >= 11 is 3.61. The molecule has 1 aromatic carbocycles. The van der Waals surface area contributed by atoms with Gasteiger partial charge in [0.1, 0.15) is 0 Å². The third-order valence-electron chi connectivity index (χ3n) is 3.32. The summed E-state index contributed by atoms with van der Waals surface area (Å²) in [6.07, 6.45) is 3.93. The first-order valence-corrected chi connectivity index (χ1v) is 7.89. The lowest BCUT2D eigenvalue weighted by molar-refractivity contribution is 0.516. The lowest BCUT2D eigenvalue weighted by atomic mass is 10.0. The zero-order valence-corrected chi connectivity index (χ0v) is 13.7. The van der Waals surface area contributed by atoms with E-state index in [0.717, 1.165) is 29.6 Å². The fourth-order valence-electron chi connectivity index (χ4n) is 2.20. The molecule has 1 aromatic heterocycles. The minimum atomic E-state index is 0.244. The molecule has 0 aliphatic heterocycles. The largest absolute Gasteiger partial charge is 0.308 e. The number of benzene rings is 1. The van der Waals surface area contributed by atoms with Gasteiger partial charge in [0.2, 0.25) is 0 Å². The smallest absolute Gasteiger partial charge is 0.0718 e. The zero-order chi connectivity index (χ0) is 14.4. The highest BCUT2D eigenvalue weighted by molar-refractivity contribution is 9.10. The Balaban J connectivity index is 2.19. The van der Waals surface area contributed by atoms with Gasteiger partial charge >= 0.3 is 0 Å². The van der Waals surface area contributed by atoms with Crippen LogP contribution in [0.15, 0.2) is 47.1 Å². The predicted octanol–water partition coefficient (Wildman–Crippen LogP) is 4.44. The van der Waals surface area contributed by atoms with Gasteiger partial charge in [-0.05, 0) is 59.9 Å². The number of halogens is 1. The molecule has 2 rings (SSSR count). The molecule has 0 saturated heterocycles. The number of nitrogens with one attached hydrogen (secondary N) is 1. The van der Waals surface area contributed by atoms with E-state index in [1.54, 1.807) is 0 Å². The molecule has 0 fully saturated rings. The Morgan fingerprint density at radius 1 is 1.20 bits per heavy atom. The van der Waals surface area contributed by atoms with Crippen molar-refractivity contribution >= 4 is 15.9 Å². The molecule has 1 unspecified atom stereocenters. The molecule has 0 aliphatic rings. The standard InChI is InChI=1S/C17H21BrN2/c1-3-10-19-16(17-15(18)5-4-11-20-17)12-14-8-6-13(2)7-9-14/h4-9,11,16,19H,3,10,12H2,1-2H3. The molecule has 2 nitrogen and oxygen atoms in total. The summed E-state index contributed by atoms with van der Waals surface area (Å²) in [6.45, 7) is 5.30. The Bertz CT molecular complexity index is 537. The van der Waals surface area contributed by atoms with Gasteiger partial charge in [0.25, 0.3) is 0 Å². The topological polar surface area (TPSA) is 24.9 Å². The molecule has 20 heavy (non-hydrogen) atoms. The van der Waals surface area contributed by atoms with Gasteiger partial charge in [-0.2, -0.15) is 0 Å². The van der Waals surface area contributed by atoms with Crippen molar-refractivity contribution in [1.29, 1.82) is 0 Å². The van der Waals surface area contributed by atoms with Crippen LogP contribution >= 0.6 is 15.9 Å². The normalized spacial score (nSPS) is 12.3. The van der Waals surface area contributed by atoms with Crippen molar-refractivity contribution in [1.82, 2.24) is 10.3 Å². The number of hydrogen-bond acceptors (Lipinski definition) is 2. The number of pyridine rings is 1. The summed E-state index contributed by atoms with van der Waals surface area (Å²) in [5, 5.41) is 3.60. The molecule has 0 saturated carbocycles. The first kappa shape index (κ1) is 15.2. The van der Waals surface area contributed by atoms with Gasteiger partial charge in [0, 0.05) is 10.7 Å². The SMILES string of the molecule is CCCNC(Cc1ccc(C)cc1)c1ncccc1Br. The Labute approximate surface area is 129 Å². The molecule has 2 aromatic rings. The molecular formula is C17H21BrN2. The van der Waals surface area contributed by atoms with Gasteiger partial charge < -0.3 is 5.32 Å². The van der Waals surface area contributed by atoms with Crippen molar-refractivity contribution in [3.8, 4) is 0 Å². The van der Waals surface area contributed by atoms with E-state index < -0.39 is 0 Å². The van der Waals surface area contributed by atoms with E-state index in [1.807, 2.05) is 12.3 Å². The first-order chi connectivity index (χ1) is 9.70. The van der Waals surface area contributed by atoms with Crippen molar-refractivity contribution in [2.24, 2.45) is 0 Å². The Morgan fingerprint density at radius 3 is 2.60 bits per heavy atom. The van der Waals surface area contributed by atoms with Gasteiger partial charge in [0.15, 0.2) is 0 Å². The van der Waals surface area contributed by atoms with Crippen LogP contribution in [0.3, 0.4) is 0 Å². The van der Waals surface area contributed by atoms with Crippen molar-refractivity contribution in [2.45, 2.75) is 32.7 Å². The molecule has 1 N–H and O–H groups in total. The van der Waals surface area contributed by atoms with E-state index in [1.165, 1.54) is 11.1 Å². The van der Waals surface area contributed by atoms with Crippen LogP contribution < -0.4 is 5.32 Å². The van der Waals surface area contributed by atoms with Crippen LogP contribution in [0, 0.1) is 6.92 Å². The van der Waals surface area contributed by atoms with Crippen LogP contribution in [0.2, 0.25) is 0 Å². The molecule has 1 heterocycles. The van der Waals surface area contributed by atoms with Crippen LogP contribution in [0.5, 0.6) is 0 Å². The van der Waals surface area contributed by atoms with Gasteiger partial charge in [-0.1, -0.05) is 36.8 Å². The number of nitrogens with zero attached hydrogens (tertiary/aromatic N) is 1. The predicted molar refractivity (Wildman–Crippen MR) is 87.9 cm³/mol. The Morgan fingerprint density at radius 2 is 1.95 bits per heavy atom. The second-order valence-corrected chi connectivity index (χ2v) is 5.92. The van der Waals surface area contributed by atoms with E-state index in [9.17, 15) is 0 Å². The molecule has 1 atom stereocenters. The first-order valence-electron chi connectivity index (χ1n) is 7.10. The van der Waals surface area contributed by atoms with Gasteiger partial charge in [0.05, 0.1) is 11.7 Å². The van der Waals surface area contributed by atoms with E-state index in [0.29, 0.717) is 0 Å². The van der Waals surface area contributed by atoms with Crippen molar-refractivity contribution in [3.05, 3.63) is 63.9 Å². The van der Waals surface area contributed by atoms with Gasteiger partial charge in [-0.15, -0.1) is 0 Å². The number of aryl methyl sites for hydroxylation is 1. The molecule has 0 aliphatic carbocycles. The molecule has 0 spiro atoms. The number of hydrogen-bond donors (Lipinski definition) is 1. The second-order valence-electron chi connectivity index (χ2n) is 5.07. The molecular weight excluding hydrogens is 312 g/mol. The number of rotatable bonds is 6. The highest BCUT2D eigenvalue weighted by Crippen LogP contribution is 2.24. The van der Waals surface area contributed by atoms with E-state index in [4.69, 9.17) is 0 Å². The zero-order valence-electron chi connectivity index (χ0n) is 12.1. The fourth-order valence-corrected chi connectivity index (χ4v) is 2.73. The second kappa shape index (κ2) is 7.55. The van der Waals surface area contributed by atoms with Crippen LogP contribution in [0.1, 0.15) is 36.2 Å². The summed E-state index contributed by atoms with van der Waals surface area (Å²) < 4.78 is 1.07. The fraction of sp³-hybridized carbons (Fsp3) is 0.353. The molecule has 106 valence electrons. The van der Waals surface area contributed by atoms with E-state index >= 15 is 0 Å². The van der Waals surface area contributed by atoms with E-state index in [2.05, 4.69) is 70.4 Å². The molecule has 0 bridgehead atoms. The Hall–Kier alpha value is -1.19. The van der Waals surface area contributed by atoms with Gasteiger partial charge in [-0.3, -0.25) is 4.98 Å². The van der Waals surface area contributed by atoms with Crippen LogP contribution in [-0.2, 0) is 6.42 Å². The summed E-state index contributed by atoms with van der Waals surface area (Å²) in [5.41, 5.74) is 3.72. The summed E-state index contributed by atoms with van der Waals surface area (Å²) in [4.78, 5) is 4.54. The average molecular weight is 333 g/mol. The minimum absolute atomic E-state index is 0.244. The average Bonchev–Trinajstić information content (AvgIpc) is 2.46. The summed E-state index contributed by atoms with van der Waals surface area (Å²) in [5.74, 6) is 0. The monoisotopic (exact) mass is 332 g/mol. The maximum absolute atomic E-state index is 4.54. The van der Waals surface area contributed by atoms with Crippen molar-refractivity contribution < 1.29 is 0 Å². The third kappa shape index (κ3) is 4.15. The van der Waals surface area contributed by atoms with Crippen LogP contribution in [0.25, 0.3) is 0 Å². The van der Waals surface area contributed by atoms with Gasteiger partial charge in [-0.25, -0.2) is 0 Å². The minimum Gasteiger partial charge on any atom is -0.308 e. The Kier molecular flexibility index (Phi) is 5.74. The van der Waals surface area contributed by atoms with Crippen molar-refractivity contribution in [2.75, 3.05) is 6.54 Å². The maximum atomic E-state index is 4.54. The quantitative estimate of drug-likeness (QED) is 0.846.